The number of ether oxygens (including phenoxy) is 2. The third-order valence-electron chi connectivity index (χ3n) is 5.47. The van der Waals surface area contributed by atoms with Crippen LogP contribution in [0, 0.1) is 6.92 Å². The van der Waals surface area contributed by atoms with Gasteiger partial charge < -0.3 is 14.8 Å². The highest BCUT2D eigenvalue weighted by Crippen LogP contribution is 2.40. The minimum atomic E-state index is -0.543. The van der Waals surface area contributed by atoms with Gasteiger partial charge in [0.15, 0.2) is 11.5 Å². The summed E-state index contributed by atoms with van der Waals surface area (Å²) in [4.78, 5) is 39.2. The molecular weight excluding hydrogens is 627 g/mol. The third kappa shape index (κ3) is 7.36. The van der Waals surface area contributed by atoms with Crippen molar-refractivity contribution < 1.29 is 23.9 Å². The molecule has 1 aliphatic heterocycles. The molecule has 0 aromatic heterocycles. The van der Waals surface area contributed by atoms with Crippen molar-refractivity contribution >= 4 is 79.7 Å². The number of rotatable bonds is 9. The van der Waals surface area contributed by atoms with Gasteiger partial charge in [0, 0.05) is 5.69 Å². The molecule has 0 saturated carbocycles. The summed E-state index contributed by atoms with van der Waals surface area (Å²) in [7, 11) is 0. The molecule has 0 atom stereocenters. The Hall–Kier alpha value is -2.98. The summed E-state index contributed by atoms with van der Waals surface area (Å²) in [6.07, 6.45) is 1.58. The lowest BCUT2D eigenvalue weighted by atomic mass is 10.1. The van der Waals surface area contributed by atoms with Gasteiger partial charge in [0.25, 0.3) is 11.1 Å². The highest BCUT2D eigenvalue weighted by Gasteiger charge is 2.36. The molecule has 202 valence electrons. The highest BCUT2D eigenvalue weighted by molar-refractivity contribution is 9.10. The van der Waals surface area contributed by atoms with E-state index in [1.165, 1.54) is 0 Å². The fourth-order valence-corrected chi connectivity index (χ4v) is 5.45. The quantitative estimate of drug-likeness (QED) is 0.239. The van der Waals surface area contributed by atoms with Crippen LogP contribution in [0.25, 0.3) is 6.08 Å². The van der Waals surface area contributed by atoms with E-state index < -0.39 is 17.1 Å². The molecule has 7 nitrogen and oxygen atoms in total. The zero-order valence-corrected chi connectivity index (χ0v) is 24.8. The molecule has 1 N–H and O–H groups in total. The predicted octanol–water partition coefficient (Wildman–Crippen LogP) is 7.72. The van der Waals surface area contributed by atoms with Crippen molar-refractivity contribution in [3.05, 3.63) is 90.7 Å². The van der Waals surface area contributed by atoms with Crippen molar-refractivity contribution in [1.29, 1.82) is 0 Å². The number of carbonyl (C=O) groups excluding carboxylic acids is 3. The van der Waals surface area contributed by atoms with Crippen LogP contribution in [0.4, 0.5) is 10.5 Å². The summed E-state index contributed by atoms with van der Waals surface area (Å²) >= 11 is 16.4. The zero-order valence-electron chi connectivity index (χ0n) is 20.9. The summed E-state index contributed by atoms with van der Waals surface area (Å²) < 4.78 is 12.4. The van der Waals surface area contributed by atoms with Crippen molar-refractivity contribution in [2.75, 3.05) is 18.5 Å². The number of aryl methyl sites for hydroxylation is 1. The van der Waals surface area contributed by atoms with Gasteiger partial charge in [-0.05, 0) is 101 Å². The van der Waals surface area contributed by atoms with Gasteiger partial charge in [0.1, 0.15) is 13.2 Å². The normalized spacial score (nSPS) is 14.2. The maximum atomic E-state index is 13.0. The molecule has 0 radical (unpaired) electrons. The average molecular weight is 650 g/mol. The van der Waals surface area contributed by atoms with Crippen LogP contribution in [0.3, 0.4) is 0 Å². The first-order valence-corrected chi connectivity index (χ1v) is 14.2. The molecule has 3 aromatic rings. The van der Waals surface area contributed by atoms with Crippen molar-refractivity contribution in [2.45, 2.75) is 20.5 Å². The van der Waals surface area contributed by atoms with Crippen LogP contribution in [0.1, 0.15) is 23.6 Å². The molecule has 3 aromatic carbocycles. The van der Waals surface area contributed by atoms with E-state index in [9.17, 15) is 14.4 Å². The summed E-state index contributed by atoms with van der Waals surface area (Å²) in [6.45, 7) is 3.96. The lowest BCUT2D eigenvalue weighted by molar-refractivity contribution is -0.127. The van der Waals surface area contributed by atoms with Gasteiger partial charge in [-0.15, -0.1) is 0 Å². The Kier molecular flexibility index (Phi) is 9.61. The van der Waals surface area contributed by atoms with Crippen LogP contribution in [0.5, 0.6) is 11.5 Å². The first-order chi connectivity index (χ1) is 18.6. The number of amides is 3. The molecule has 0 bridgehead atoms. The van der Waals surface area contributed by atoms with E-state index in [1.807, 2.05) is 32.0 Å². The van der Waals surface area contributed by atoms with E-state index in [-0.39, 0.29) is 18.1 Å². The maximum absolute atomic E-state index is 13.0. The van der Waals surface area contributed by atoms with Crippen LogP contribution in [0.15, 0.2) is 64.0 Å². The number of halogens is 3. The minimum Gasteiger partial charge on any atom is -0.490 e. The molecule has 1 heterocycles. The van der Waals surface area contributed by atoms with E-state index in [2.05, 4.69) is 21.2 Å². The predicted molar refractivity (Wildman–Crippen MR) is 159 cm³/mol. The lowest BCUT2D eigenvalue weighted by Gasteiger charge is -2.15. The molecule has 0 unspecified atom stereocenters. The molecular formula is C28H23BrCl2N2O5S. The number of nitrogens with zero attached hydrogens (tertiary/aromatic N) is 1. The molecule has 0 spiro atoms. The van der Waals surface area contributed by atoms with Gasteiger partial charge in [-0.1, -0.05) is 41.4 Å². The van der Waals surface area contributed by atoms with Crippen LogP contribution in [-0.4, -0.2) is 35.1 Å². The summed E-state index contributed by atoms with van der Waals surface area (Å²) in [5.74, 6) is -0.0802. The number of anilines is 1. The van der Waals surface area contributed by atoms with E-state index >= 15 is 0 Å². The Balaban J connectivity index is 1.49. The zero-order chi connectivity index (χ0) is 28.1. The van der Waals surface area contributed by atoms with Crippen molar-refractivity contribution in [2.24, 2.45) is 0 Å². The molecule has 1 aliphatic rings. The van der Waals surface area contributed by atoms with E-state index in [0.717, 1.165) is 27.8 Å². The van der Waals surface area contributed by atoms with Gasteiger partial charge in [0.2, 0.25) is 5.91 Å². The standard InChI is InChI=1S/C28H23BrCl2N2O5S/c1-3-37-23-12-18(10-20(29)26(23)38-15-17-7-8-21(30)22(31)11-17)13-24-27(35)33(28(36)39-24)14-25(34)32-19-6-4-5-16(2)9-19/h4-13H,3,14-15H2,1-2H3,(H,32,34)/b24-13-. The Labute approximate surface area is 248 Å². The maximum Gasteiger partial charge on any atom is 0.294 e. The molecule has 3 amide bonds. The number of hydrogen-bond acceptors (Lipinski definition) is 6. The van der Waals surface area contributed by atoms with E-state index in [4.69, 9.17) is 32.7 Å². The fraction of sp³-hybridized carbons (Fsp3) is 0.179. The Morgan fingerprint density at radius 1 is 1.08 bits per heavy atom. The van der Waals surface area contributed by atoms with Crippen molar-refractivity contribution in [1.82, 2.24) is 4.90 Å². The average Bonchev–Trinajstić information content (AvgIpc) is 3.13. The van der Waals surface area contributed by atoms with Crippen LogP contribution < -0.4 is 14.8 Å². The first kappa shape index (κ1) is 29.0. The summed E-state index contributed by atoms with van der Waals surface area (Å²) in [6, 6.07) is 16.0. The number of nitrogens with one attached hydrogen (secondary N) is 1. The number of hydrogen-bond donors (Lipinski definition) is 1. The monoisotopic (exact) mass is 648 g/mol. The second-order valence-corrected chi connectivity index (χ2v) is 11.1. The fourth-order valence-electron chi connectivity index (χ4n) is 3.71. The molecule has 4 rings (SSSR count). The van der Waals surface area contributed by atoms with E-state index in [1.54, 1.807) is 42.5 Å². The number of thioether (sulfide) groups is 1. The molecule has 39 heavy (non-hydrogen) atoms. The molecule has 11 heteroatoms. The van der Waals surface area contributed by atoms with Crippen molar-refractivity contribution in [3.63, 3.8) is 0 Å². The Morgan fingerprint density at radius 2 is 1.87 bits per heavy atom. The van der Waals surface area contributed by atoms with Crippen LogP contribution in [-0.2, 0) is 16.2 Å². The SMILES string of the molecule is CCOc1cc(/C=C2\SC(=O)N(CC(=O)Nc3cccc(C)c3)C2=O)cc(Br)c1OCc1ccc(Cl)c(Cl)c1. The van der Waals surface area contributed by atoms with Crippen LogP contribution >= 0.6 is 50.9 Å². The highest BCUT2D eigenvalue weighted by atomic mass is 79.9. The summed E-state index contributed by atoms with van der Waals surface area (Å²) in [5, 5.41) is 3.08. The second kappa shape index (κ2) is 12.9. The van der Waals surface area contributed by atoms with Gasteiger partial charge in [-0.2, -0.15) is 0 Å². The van der Waals surface area contributed by atoms with E-state index in [0.29, 0.717) is 43.9 Å². The molecule has 1 fully saturated rings. The Bertz CT molecular complexity index is 1480. The molecule has 0 aliphatic carbocycles. The minimum absolute atomic E-state index is 0.196. The Morgan fingerprint density at radius 3 is 2.59 bits per heavy atom. The first-order valence-electron chi connectivity index (χ1n) is 11.8. The van der Waals surface area contributed by atoms with Gasteiger partial charge in [0.05, 0.1) is 26.0 Å². The largest absolute Gasteiger partial charge is 0.490 e. The third-order valence-corrected chi connectivity index (χ3v) is 7.71. The number of carbonyl (C=O) groups is 3. The lowest BCUT2D eigenvalue weighted by Crippen LogP contribution is -2.36. The molecule has 1 saturated heterocycles. The topological polar surface area (TPSA) is 84.9 Å². The summed E-state index contributed by atoms with van der Waals surface area (Å²) in [5.41, 5.74) is 3.01. The number of benzene rings is 3. The van der Waals surface area contributed by atoms with Crippen LogP contribution in [0.2, 0.25) is 10.0 Å². The van der Waals surface area contributed by atoms with Crippen molar-refractivity contribution in [3.8, 4) is 11.5 Å². The second-order valence-electron chi connectivity index (χ2n) is 8.49. The van der Waals surface area contributed by atoms with Gasteiger partial charge >= 0.3 is 0 Å². The smallest absolute Gasteiger partial charge is 0.294 e. The number of imide groups is 1. The van der Waals surface area contributed by atoms with Gasteiger partial charge in [-0.3, -0.25) is 19.3 Å². The van der Waals surface area contributed by atoms with Gasteiger partial charge in [-0.25, -0.2) is 0 Å².